The van der Waals surface area contributed by atoms with Crippen LogP contribution in [0.25, 0.3) is 10.4 Å². The van der Waals surface area contributed by atoms with Gasteiger partial charge in [-0.3, -0.25) is 18.9 Å². The number of hydrogen-bond acceptors (Lipinski definition) is 9. The number of thiazole rings is 1. The molecule has 2 aromatic heterocycles. The summed E-state index contributed by atoms with van der Waals surface area (Å²) in [6.45, 7) is 7.36. The zero-order valence-electron chi connectivity index (χ0n) is 23.7. The molecule has 222 valence electrons. The Balaban J connectivity index is 1.56. The Kier molecular flexibility index (Phi) is 7.86. The summed E-state index contributed by atoms with van der Waals surface area (Å²) >= 11 is 1.24. The van der Waals surface area contributed by atoms with Crippen molar-refractivity contribution in [1.29, 1.82) is 0 Å². The number of carboxylic acid groups (broad SMARTS) is 1. The van der Waals surface area contributed by atoms with E-state index in [9.17, 15) is 29.4 Å². The molecule has 1 saturated carbocycles. The van der Waals surface area contributed by atoms with Crippen LogP contribution in [0.2, 0.25) is 0 Å². The van der Waals surface area contributed by atoms with Gasteiger partial charge in [0, 0.05) is 25.2 Å². The summed E-state index contributed by atoms with van der Waals surface area (Å²) in [5, 5.41) is 20.8. The normalized spacial score (nSPS) is 25.2. The van der Waals surface area contributed by atoms with Gasteiger partial charge in [0.15, 0.2) is 5.60 Å². The molecular weight excluding hydrogens is 552 g/mol. The van der Waals surface area contributed by atoms with Crippen LogP contribution in [0.1, 0.15) is 76.8 Å². The van der Waals surface area contributed by atoms with Gasteiger partial charge in [0.1, 0.15) is 23.0 Å². The van der Waals surface area contributed by atoms with E-state index in [1.54, 1.807) is 28.7 Å². The second kappa shape index (κ2) is 11.1. The topological polar surface area (TPSA) is 151 Å². The average molecular weight is 589 g/mol. The second-order valence-corrected chi connectivity index (χ2v) is 12.3. The van der Waals surface area contributed by atoms with Gasteiger partial charge in [0.2, 0.25) is 11.8 Å². The van der Waals surface area contributed by atoms with Gasteiger partial charge in [-0.2, -0.15) is 0 Å². The van der Waals surface area contributed by atoms with Crippen LogP contribution in [0.4, 0.5) is 4.79 Å². The lowest BCUT2D eigenvalue weighted by atomic mass is 9.74. The van der Waals surface area contributed by atoms with E-state index < -0.39 is 41.7 Å². The molecule has 2 aromatic rings. The number of aliphatic hydroxyl groups excluding tert-OH is 1. The first kappa shape index (κ1) is 29.1. The van der Waals surface area contributed by atoms with Gasteiger partial charge in [-0.15, -0.1) is 11.3 Å². The zero-order valence-corrected chi connectivity index (χ0v) is 24.5. The molecule has 13 heteroatoms. The Hall–Kier alpha value is -3.45. The maximum Gasteiger partial charge on any atom is 0.509 e. The van der Waals surface area contributed by atoms with E-state index in [0.717, 1.165) is 43.4 Å². The quantitative estimate of drug-likeness (QED) is 0.332. The van der Waals surface area contributed by atoms with Gasteiger partial charge in [0.05, 0.1) is 35.2 Å². The maximum absolute atomic E-state index is 13.2. The molecule has 2 N–H and O–H groups in total. The largest absolute Gasteiger partial charge is 0.509 e. The molecule has 2 aliphatic heterocycles. The molecule has 0 radical (unpaired) electrons. The highest BCUT2D eigenvalue weighted by molar-refractivity contribution is 7.18. The minimum atomic E-state index is -1.61. The van der Waals surface area contributed by atoms with Crippen LogP contribution in [0.3, 0.4) is 0 Å². The summed E-state index contributed by atoms with van der Waals surface area (Å²) in [4.78, 5) is 59.5. The highest BCUT2D eigenvalue weighted by Crippen LogP contribution is 2.55. The molecule has 0 bridgehead atoms. The molecule has 4 heterocycles. The molecular formula is C28H36N4O8S. The SMILES string of the molecule is CCCN(Cc1ncn2cc(C3=C(C(=O)O)N4C(=O)[C@H]([C@@H](C)O)[C@@H]4[C@@]3(C)OC(=O)OC3CCCCC3)sc12)C(C)=O. The van der Waals surface area contributed by atoms with Crippen LogP contribution >= 0.6 is 11.3 Å². The number of carbonyl (C=O) groups excluding carboxylic acids is 3. The van der Waals surface area contributed by atoms with E-state index in [0.29, 0.717) is 21.9 Å². The summed E-state index contributed by atoms with van der Waals surface area (Å²) in [5.41, 5.74) is -1.11. The first-order valence-corrected chi connectivity index (χ1v) is 14.9. The molecule has 2 fully saturated rings. The predicted octanol–water partition coefficient (Wildman–Crippen LogP) is 3.42. The lowest BCUT2D eigenvalue weighted by Crippen LogP contribution is -2.68. The number of imidazole rings is 1. The van der Waals surface area contributed by atoms with Gasteiger partial charge in [0.25, 0.3) is 0 Å². The lowest BCUT2D eigenvalue weighted by Gasteiger charge is -2.49. The molecule has 1 saturated heterocycles. The third-order valence-corrected chi connectivity index (χ3v) is 9.49. The number of carbonyl (C=O) groups is 4. The van der Waals surface area contributed by atoms with Crippen LogP contribution in [-0.2, 0) is 30.4 Å². The summed E-state index contributed by atoms with van der Waals surface area (Å²) in [6.07, 6.45) is 6.13. The van der Waals surface area contributed by atoms with Crippen LogP contribution < -0.4 is 0 Å². The fourth-order valence-electron chi connectivity index (χ4n) is 6.39. The van der Waals surface area contributed by atoms with Gasteiger partial charge >= 0.3 is 12.1 Å². The number of β-lactam (4-membered cyclic amide) rings is 1. The van der Waals surface area contributed by atoms with Crippen molar-refractivity contribution < 1.29 is 38.9 Å². The van der Waals surface area contributed by atoms with Crippen molar-refractivity contribution in [1.82, 2.24) is 19.2 Å². The molecule has 12 nitrogen and oxygen atoms in total. The van der Waals surface area contributed by atoms with Crippen molar-refractivity contribution in [2.45, 2.75) is 96.6 Å². The van der Waals surface area contributed by atoms with Gasteiger partial charge < -0.3 is 24.6 Å². The number of aromatic nitrogens is 2. The van der Waals surface area contributed by atoms with Crippen molar-refractivity contribution in [3.05, 3.63) is 28.8 Å². The number of hydrogen-bond donors (Lipinski definition) is 2. The van der Waals surface area contributed by atoms with Crippen molar-refractivity contribution in [3.8, 4) is 0 Å². The summed E-state index contributed by atoms with van der Waals surface area (Å²) in [7, 11) is 0. The number of nitrogens with zero attached hydrogens (tertiary/aromatic N) is 4. The van der Waals surface area contributed by atoms with Crippen molar-refractivity contribution in [3.63, 3.8) is 0 Å². The number of amides is 2. The lowest BCUT2D eigenvalue weighted by molar-refractivity contribution is -0.173. The summed E-state index contributed by atoms with van der Waals surface area (Å²) < 4.78 is 13.4. The van der Waals surface area contributed by atoms with Crippen molar-refractivity contribution >= 4 is 45.7 Å². The highest BCUT2D eigenvalue weighted by Gasteiger charge is 2.69. The number of fused-ring (bicyclic) bond motifs is 2. The molecule has 41 heavy (non-hydrogen) atoms. The number of rotatable bonds is 9. The Morgan fingerprint density at radius 3 is 2.59 bits per heavy atom. The van der Waals surface area contributed by atoms with E-state index in [4.69, 9.17) is 9.47 Å². The van der Waals surface area contributed by atoms with Crippen molar-refractivity contribution in [2.75, 3.05) is 6.54 Å². The average Bonchev–Trinajstić information content (AvgIpc) is 3.53. The fourth-order valence-corrected chi connectivity index (χ4v) is 7.61. The van der Waals surface area contributed by atoms with Gasteiger partial charge in [-0.1, -0.05) is 13.3 Å². The van der Waals surface area contributed by atoms with Crippen LogP contribution in [0.5, 0.6) is 0 Å². The van der Waals surface area contributed by atoms with E-state index in [1.807, 2.05) is 6.92 Å². The molecule has 1 aliphatic carbocycles. The smallest absolute Gasteiger partial charge is 0.477 e. The number of carboxylic acids is 1. The van der Waals surface area contributed by atoms with E-state index in [-0.39, 0.29) is 29.8 Å². The molecule has 2 amide bonds. The van der Waals surface area contributed by atoms with Gasteiger partial charge in [-0.25, -0.2) is 14.6 Å². The Morgan fingerprint density at radius 1 is 1.27 bits per heavy atom. The van der Waals surface area contributed by atoms with E-state index in [1.165, 1.54) is 25.2 Å². The molecule has 0 spiro atoms. The third kappa shape index (κ3) is 4.99. The zero-order chi connectivity index (χ0) is 29.6. The Morgan fingerprint density at radius 2 is 1.98 bits per heavy atom. The second-order valence-electron chi connectivity index (χ2n) is 11.2. The fraction of sp³-hybridized carbons (Fsp3) is 0.607. The maximum atomic E-state index is 13.2. The minimum Gasteiger partial charge on any atom is -0.477 e. The summed E-state index contributed by atoms with van der Waals surface area (Å²) in [6, 6.07) is -0.924. The third-order valence-electron chi connectivity index (χ3n) is 8.32. The van der Waals surface area contributed by atoms with Gasteiger partial charge in [-0.05, 0) is 46.0 Å². The van der Waals surface area contributed by atoms with Crippen molar-refractivity contribution in [2.24, 2.45) is 5.92 Å². The standard InChI is InChI=1S/C28H36N4O8S/c1-5-11-30(16(3)34)12-18-25-31(14-29-18)13-19(41-25)21-22(26(36)37)32-23(20(15(2)33)24(32)35)28(21,4)40-27(38)39-17-9-7-6-8-10-17/h13-15,17,20,23,33H,5-12H2,1-4H3,(H,36,37)/t15-,20-,23-,28+/m1/s1. The first-order valence-electron chi connectivity index (χ1n) is 14.1. The number of aliphatic hydroxyl groups is 1. The molecule has 0 aromatic carbocycles. The molecule has 5 rings (SSSR count). The summed E-state index contributed by atoms with van der Waals surface area (Å²) in [5.74, 6) is -2.94. The number of aliphatic carboxylic acids is 1. The highest BCUT2D eigenvalue weighted by atomic mass is 32.1. The van der Waals surface area contributed by atoms with Crippen LogP contribution in [0, 0.1) is 5.92 Å². The Bertz CT molecular complexity index is 1410. The Labute approximate surface area is 241 Å². The molecule has 4 atom stereocenters. The molecule has 3 aliphatic rings. The molecule has 0 unspecified atom stereocenters. The predicted molar refractivity (Wildman–Crippen MR) is 148 cm³/mol. The van der Waals surface area contributed by atoms with E-state index >= 15 is 0 Å². The number of ether oxygens (including phenoxy) is 2. The monoisotopic (exact) mass is 588 g/mol. The first-order chi connectivity index (χ1) is 19.5. The van der Waals surface area contributed by atoms with E-state index in [2.05, 4.69) is 4.98 Å². The van der Waals surface area contributed by atoms with Crippen LogP contribution in [-0.4, -0.2) is 83.7 Å². The minimum absolute atomic E-state index is 0.0825. The van der Waals surface area contributed by atoms with Crippen LogP contribution in [0.15, 0.2) is 18.2 Å².